The van der Waals surface area contributed by atoms with Crippen molar-refractivity contribution in [1.29, 1.82) is 0 Å². The van der Waals surface area contributed by atoms with Crippen molar-refractivity contribution in [3.8, 4) is 0 Å². The SMILES string of the molecule is CCn1cc(NC2CC(C)OC(C)C2)ccc1=O. The number of anilines is 1. The summed E-state index contributed by atoms with van der Waals surface area (Å²) in [5.74, 6) is 0. The minimum Gasteiger partial charge on any atom is -0.381 e. The van der Waals surface area contributed by atoms with Crippen LogP contribution in [0.5, 0.6) is 0 Å². The zero-order chi connectivity index (χ0) is 13.1. The first-order chi connectivity index (χ1) is 8.58. The molecule has 1 aromatic heterocycles. The van der Waals surface area contributed by atoms with E-state index in [0.717, 1.165) is 18.5 Å². The molecule has 4 heteroatoms. The molecule has 1 N–H and O–H groups in total. The van der Waals surface area contributed by atoms with Crippen LogP contribution in [0.2, 0.25) is 0 Å². The molecule has 0 radical (unpaired) electrons. The summed E-state index contributed by atoms with van der Waals surface area (Å²) in [5.41, 5.74) is 1.07. The molecule has 2 unspecified atom stereocenters. The molecule has 0 amide bonds. The Bertz CT molecular complexity index is 445. The molecule has 4 nitrogen and oxygen atoms in total. The van der Waals surface area contributed by atoms with E-state index >= 15 is 0 Å². The van der Waals surface area contributed by atoms with Gasteiger partial charge in [-0.05, 0) is 39.7 Å². The summed E-state index contributed by atoms with van der Waals surface area (Å²) < 4.78 is 7.44. The number of ether oxygens (including phenoxy) is 1. The van der Waals surface area contributed by atoms with Gasteiger partial charge in [0, 0.05) is 24.8 Å². The molecule has 18 heavy (non-hydrogen) atoms. The van der Waals surface area contributed by atoms with Gasteiger partial charge in [-0.3, -0.25) is 4.79 Å². The number of nitrogens with one attached hydrogen (secondary N) is 1. The van der Waals surface area contributed by atoms with Gasteiger partial charge < -0.3 is 14.6 Å². The topological polar surface area (TPSA) is 43.3 Å². The predicted octanol–water partition coefficient (Wildman–Crippen LogP) is 2.24. The van der Waals surface area contributed by atoms with Crippen LogP contribution in [0.3, 0.4) is 0 Å². The molecule has 0 bridgehead atoms. The lowest BCUT2D eigenvalue weighted by molar-refractivity contribution is -0.0337. The Balaban J connectivity index is 2.07. The maximum absolute atomic E-state index is 11.5. The molecule has 1 aliphatic heterocycles. The predicted molar refractivity (Wildman–Crippen MR) is 73.0 cm³/mol. The van der Waals surface area contributed by atoms with Gasteiger partial charge in [-0.2, -0.15) is 0 Å². The standard InChI is InChI=1S/C14H22N2O2/c1-4-16-9-12(5-6-14(16)17)15-13-7-10(2)18-11(3)8-13/h5-6,9-11,13,15H,4,7-8H2,1-3H3. The van der Waals surface area contributed by atoms with Crippen LogP contribution in [0.4, 0.5) is 5.69 Å². The molecule has 100 valence electrons. The lowest BCUT2D eigenvalue weighted by Gasteiger charge is -2.33. The van der Waals surface area contributed by atoms with Crippen LogP contribution in [0, 0.1) is 0 Å². The van der Waals surface area contributed by atoms with Crippen LogP contribution < -0.4 is 10.9 Å². The Morgan fingerprint density at radius 1 is 1.33 bits per heavy atom. The van der Waals surface area contributed by atoms with Crippen molar-refractivity contribution in [3.05, 3.63) is 28.7 Å². The maximum atomic E-state index is 11.5. The quantitative estimate of drug-likeness (QED) is 0.894. The molecular weight excluding hydrogens is 228 g/mol. The van der Waals surface area contributed by atoms with Crippen molar-refractivity contribution < 1.29 is 4.74 Å². The second-order valence-corrected chi connectivity index (χ2v) is 5.11. The highest BCUT2D eigenvalue weighted by atomic mass is 16.5. The van der Waals surface area contributed by atoms with E-state index in [1.165, 1.54) is 0 Å². The Kier molecular flexibility index (Phi) is 4.07. The molecule has 0 aliphatic carbocycles. The largest absolute Gasteiger partial charge is 0.381 e. The van der Waals surface area contributed by atoms with Crippen LogP contribution in [0.25, 0.3) is 0 Å². The highest BCUT2D eigenvalue weighted by Gasteiger charge is 2.24. The van der Waals surface area contributed by atoms with Gasteiger partial charge in [0.25, 0.3) is 5.56 Å². The number of hydrogen-bond donors (Lipinski definition) is 1. The molecule has 0 saturated carbocycles. The summed E-state index contributed by atoms with van der Waals surface area (Å²) in [6.07, 6.45) is 4.50. The third-order valence-electron chi connectivity index (χ3n) is 3.39. The minimum absolute atomic E-state index is 0.0526. The van der Waals surface area contributed by atoms with Crippen molar-refractivity contribution in [3.63, 3.8) is 0 Å². The molecule has 0 spiro atoms. The molecule has 0 aromatic carbocycles. The second-order valence-electron chi connectivity index (χ2n) is 5.11. The number of aromatic nitrogens is 1. The average Bonchev–Trinajstić information content (AvgIpc) is 2.30. The molecule has 2 heterocycles. The van der Waals surface area contributed by atoms with E-state index in [4.69, 9.17) is 4.74 Å². The first kappa shape index (κ1) is 13.1. The van der Waals surface area contributed by atoms with Crippen molar-refractivity contribution in [1.82, 2.24) is 4.57 Å². The maximum Gasteiger partial charge on any atom is 0.250 e. The number of pyridine rings is 1. The molecule has 1 aromatic rings. The van der Waals surface area contributed by atoms with Crippen LogP contribution >= 0.6 is 0 Å². The summed E-state index contributed by atoms with van der Waals surface area (Å²) in [4.78, 5) is 11.5. The van der Waals surface area contributed by atoms with Crippen LogP contribution in [-0.4, -0.2) is 22.8 Å². The van der Waals surface area contributed by atoms with Gasteiger partial charge in [-0.1, -0.05) is 0 Å². The number of nitrogens with zero attached hydrogens (tertiary/aromatic N) is 1. The molecular formula is C14H22N2O2. The summed E-state index contributed by atoms with van der Waals surface area (Å²) in [5, 5.41) is 3.50. The lowest BCUT2D eigenvalue weighted by atomic mass is 10.00. The highest BCUT2D eigenvalue weighted by Crippen LogP contribution is 2.22. The van der Waals surface area contributed by atoms with Crippen molar-refractivity contribution in [2.24, 2.45) is 0 Å². The Morgan fingerprint density at radius 2 is 2.00 bits per heavy atom. The van der Waals surface area contributed by atoms with E-state index in [-0.39, 0.29) is 5.56 Å². The van der Waals surface area contributed by atoms with E-state index < -0.39 is 0 Å². The van der Waals surface area contributed by atoms with Gasteiger partial charge >= 0.3 is 0 Å². The Morgan fingerprint density at radius 3 is 2.61 bits per heavy atom. The fourth-order valence-corrected chi connectivity index (χ4v) is 2.62. The molecule has 2 atom stereocenters. The first-order valence-electron chi connectivity index (χ1n) is 6.71. The lowest BCUT2D eigenvalue weighted by Crippen LogP contribution is -2.37. The van der Waals surface area contributed by atoms with E-state index in [1.54, 1.807) is 10.6 Å². The van der Waals surface area contributed by atoms with E-state index in [1.807, 2.05) is 19.2 Å². The highest BCUT2D eigenvalue weighted by molar-refractivity contribution is 5.41. The fraction of sp³-hybridized carbons (Fsp3) is 0.643. The van der Waals surface area contributed by atoms with E-state index in [9.17, 15) is 4.79 Å². The summed E-state index contributed by atoms with van der Waals surface area (Å²) >= 11 is 0. The van der Waals surface area contributed by atoms with Crippen LogP contribution in [0.1, 0.15) is 33.6 Å². The molecule has 1 saturated heterocycles. The zero-order valence-corrected chi connectivity index (χ0v) is 11.3. The molecule has 1 fully saturated rings. The van der Waals surface area contributed by atoms with Crippen molar-refractivity contribution >= 4 is 5.69 Å². The number of aryl methyl sites for hydroxylation is 1. The normalized spacial score (nSPS) is 28.1. The summed E-state index contributed by atoms with van der Waals surface area (Å²) in [6.45, 7) is 6.90. The van der Waals surface area contributed by atoms with Gasteiger partial charge in [-0.25, -0.2) is 0 Å². The zero-order valence-electron chi connectivity index (χ0n) is 11.3. The third-order valence-corrected chi connectivity index (χ3v) is 3.39. The van der Waals surface area contributed by atoms with Crippen LogP contribution in [0.15, 0.2) is 23.1 Å². The molecule has 1 aliphatic rings. The van der Waals surface area contributed by atoms with Gasteiger partial charge in [0.1, 0.15) is 0 Å². The van der Waals surface area contributed by atoms with Crippen molar-refractivity contribution in [2.45, 2.75) is 58.4 Å². The van der Waals surface area contributed by atoms with Crippen LogP contribution in [-0.2, 0) is 11.3 Å². The third kappa shape index (κ3) is 3.13. The summed E-state index contributed by atoms with van der Waals surface area (Å²) in [6, 6.07) is 3.91. The average molecular weight is 250 g/mol. The monoisotopic (exact) mass is 250 g/mol. The Hall–Kier alpha value is -1.29. The molecule has 2 rings (SSSR count). The first-order valence-corrected chi connectivity index (χ1v) is 6.71. The van der Waals surface area contributed by atoms with Gasteiger partial charge in [0.2, 0.25) is 0 Å². The summed E-state index contributed by atoms with van der Waals surface area (Å²) in [7, 11) is 0. The second kappa shape index (κ2) is 5.57. The van der Waals surface area contributed by atoms with E-state index in [0.29, 0.717) is 24.8 Å². The van der Waals surface area contributed by atoms with Gasteiger partial charge in [0.05, 0.1) is 17.9 Å². The number of rotatable bonds is 3. The minimum atomic E-state index is 0.0526. The smallest absolute Gasteiger partial charge is 0.250 e. The van der Waals surface area contributed by atoms with E-state index in [2.05, 4.69) is 19.2 Å². The number of hydrogen-bond acceptors (Lipinski definition) is 3. The van der Waals surface area contributed by atoms with Gasteiger partial charge in [-0.15, -0.1) is 0 Å². The van der Waals surface area contributed by atoms with Crippen molar-refractivity contribution in [2.75, 3.05) is 5.32 Å². The van der Waals surface area contributed by atoms with Gasteiger partial charge in [0.15, 0.2) is 0 Å². The Labute approximate surface area is 108 Å². The fourth-order valence-electron chi connectivity index (χ4n) is 2.62.